The van der Waals surface area contributed by atoms with Crippen LogP contribution in [0.15, 0.2) is 12.2 Å². The molecule has 0 bridgehead atoms. The molecular formula is C42H84N2O4. The molecule has 48 heavy (non-hydrogen) atoms. The summed E-state index contributed by atoms with van der Waals surface area (Å²) in [6.07, 6.45) is 41.8. The predicted octanol–water partition coefficient (Wildman–Crippen LogP) is 12.8. The van der Waals surface area contributed by atoms with Crippen LogP contribution in [-0.4, -0.2) is 50.3 Å². The van der Waals surface area contributed by atoms with Gasteiger partial charge >= 0.3 is 0 Å². The van der Waals surface area contributed by atoms with E-state index in [4.69, 9.17) is 9.68 Å². The lowest BCUT2D eigenvalue weighted by Crippen LogP contribution is -2.24. The van der Waals surface area contributed by atoms with E-state index in [1.807, 2.05) is 0 Å². The molecular weight excluding hydrogens is 596 g/mol. The molecule has 2 unspecified atom stereocenters. The fourth-order valence-corrected chi connectivity index (χ4v) is 6.28. The van der Waals surface area contributed by atoms with Crippen molar-refractivity contribution >= 4 is 11.8 Å². The van der Waals surface area contributed by atoms with Crippen LogP contribution in [0.5, 0.6) is 0 Å². The topological polar surface area (TPSA) is 59.1 Å². The maximum absolute atomic E-state index is 11.6. The zero-order valence-corrected chi connectivity index (χ0v) is 32.3. The smallest absolute Gasteiger partial charge is 0.245 e. The molecule has 6 heteroatoms. The van der Waals surface area contributed by atoms with Gasteiger partial charge in [0.1, 0.15) is 0 Å². The highest BCUT2D eigenvalue weighted by molar-refractivity contribution is 5.75. The number of rotatable bonds is 32. The van der Waals surface area contributed by atoms with Crippen molar-refractivity contribution in [1.29, 1.82) is 0 Å². The Hall–Kier alpha value is -1.40. The monoisotopic (exact) mass is 681 g/mol. The molecule has 1 fully saturated rings. The van der Waals surface area contributed by atoms with Gasteiger partial charge in [-0.15, -0.1) is 0 Å². The third kappa shape index (κ3) is 31.8. The number of hydrogen-bond acceptors (Lipinski definition) is 4. The highest BCUT2D eigenvalue weighted by atomic mass is 16.7. The van der Waals surface area contributed by atoms with Crippen LogP contribution in [0.4, 0.5) is 0 Å². The minimum absolute atomic E-state index is 0. The van der Waals surface area contributed by atoms with Crippen molar-refractivity contribution in [3.8, 4) is 0 Å². The second-order valence-corrected chi connectivity index (χ2v) is 14.1. The standard InChI is InChI=1S/C21H41NO2.C20H39NO2.CH4/c1-4-5-6-7-9-12-15-19-18-20(19)16-13-10-8-11-14-17-21(23)22(2)24-3;1-4-5-6-7-8-9-10-11-12-13-14-15-16-17-18-19-20(22)21(2)23-3;/h19-20H,4-18H2,1-3H3;11-12H,4-10,13-19H2,1-3H3;1H4/b;12-11-;. The van der Waals surface area contributed by atoms with Gasteiger partial charge in [-0.05, 0) is 56.8 Å². The molecule has 1 aliphatic rings. The zero-order valence-electron chi connectivity index (χ0n) is 32.3. The molecule has 0 heterocycles. The van der Waals surface area contributed by atoms with Gasteiger partial charge in [0.15, 0.2) is 0 Å². The lowest BCUT2D eigenvalue weighted by molar-refractivity contribution is -0.169. The Labute approximate surface area is 300 Å². The maximum atomic E-state index is 11.6. The number of carbonyl (C=O) groups excluding carboxylic acids is 2. The second-order valence-electron chi connectivity index (χ2n) is 14.1. The van der Waals surface area contributed by atoms with E-state index < -0.39 is 0 Å². The Morgan fingerprint density at radius 2 is 0.833 bits per heavy atom. The van der Waals surface area contributed by atoms with Crippen LogP contribution in [0.2, 0.25) is 0 Å². The fourth-order valence-electron chi connectivity index (χ4n) is 6.28. The molecule has 1 rings (SSSR count). The summed E-state index contributed by atoms with van der Waals surface area (Å²) in [5, 5.41) is 2.64. The highest BCUT2D eigenvalue weighted by Crippen LogP contribution is 2.45. The summed E-state index contributed by atoms with van der Waals surface area (Å²) in [6, 6.07) is 0. The van der Waals surface area contributed by atoms with Crippen molar-refractivity contribution in [1.82, 2.24) is 10.1 Å². The van der Waals surface area contributed by atoms with Gasteiger partial charge in [0.2, 0.25) is 11.8 Å². The van der Waals surface area contributed by atoms with Gasteiger partial charge in [0.05, 0.1) is 14.2 Å². The first kappa shape index (κ1) is 48.7. The Bertz CT molecular complexity index is 728. The molecule has 0 aromatic rings. The fraction of sp³-hybridized carbons (Fsp3) is 0.905. The summed E-state index contributed by atoms with van der Waals surface area (Å²) in [5.41, 5.74) is 0. The maximum Gasteiger partial charge on any atom is 0.245 e. The molecule has 0 radical (unpaired) electrons. The van der Waals surface area contributed by atoms with Crippen molar-refractivity contribution in [2.24, 2.45) is 11.8 Å². The normalized spacial score (nSPS) is 15.1. The molecule has 1 saturated carbocycles. The minimum atomic E-state index is 0. The Balaban J connectivity index is 0. The molecule has 0 aliphatic heterocycles. The molecule has 6 nitrogen and oxygen atoms in total. The summed E-state index contributed by atoms with van der Waals surface area (Å²) in [5.74, 6) is 2.29. The van der Waals surface area contributed by atoms with E-state index in [1.54, 1.807) is 14.1 Å². The Morgan fingerprint density at radius 1 is 0.521 bits per heavy atom. The van der Waals surface area contributed by atoms with Crippen LogP contribution in [0.1, 0.15) is 207 Å². The van der Waals surface area contributed by atoms with E-state index in [2.05, 4.69) is 26.0 Å². The first-order valence-corrected chi connectivity index (χ1v) is 20.2. The average Bonchev–Trinajstić information content (AvgIpc) is 3.84. The number of unbranched alkanes of at least 4 members (excludes halogenated alkanes) is 20. The van der Waals surface area contributed by atoms with E-state index in [0.29, 0.717) is 12.8 Å². The SMILES string of the molecule is C.CCCCCCCC/C=C\CCCCCCCC(=O)N(C)OC.CCCCCCCCC1CC1CCCCCCCC(=O)N(C)OC. The number of hydrogen-bond donors (Lipinski definition) is 0. The summed E-state index contributed by atoms with van der Waals surface area (Å²) in [6.45, 7) is 4.55. The van der Waals surface area contributed by atoms with Crippen LogP contribution in [0, 0.1) is 11.8 Å². The van der Waals surface area contributed by atoms with Gasteiger partial charge < -0.3 is 0 Å². The van der Waals surface area contributed by atoms with Gasteiger partial charge in [-0.25, -0.2) is 10.1 Å². The molecule has 2 amide bonds. The van der Waals surface area contributed by atoms with Crippen molar-refractivity contribution in [3.05, 3.63) is 12.2 Å². The largest absolute Gasteiger partial charge is 0.275 e. The molecule has 0 saturated heterocycles. The van der Waals surface area contributed by atoms with E-state index >= 15 is 0 Å². The Morgan fingerprint density at radius 3 is 1.19 bits per heavy atom. The third-order valence-corrected chi connectivity index (χ3v) is 9.87. The zero-order chi connectivity index (χ0) is 34.8. The number of carbonyl (C=O) groups is 2. The Kier molecular flexibility index (Phi) is 37.4. The first-order valence-electron chi connectivity index (χ1n) is 20.2. The van der Waals surface area contributed by atoms with Crippen molar-refractivity contribution in [2.75, 3.05) is 28.3 Å². The van der Waals surface area contributed by atoms with Crippen LogP contribution >= 0.6 is 0 Å². The molecule has 0 N–H and O–H groups in total. The lowest BCUT2D eigenvalue weighted by Gasteiger charge is -2.12. The van der Waals surface area contributed by atoms with Gasteiger partial charge in [0.25, 0.3) is 0 Å². The third-order valence-electron chi connectivity index (χ3n) is 9.87. The van der Waals surface area contributed by atoms with Gasteiger partial charge in [-0.2, -0.15) is 0 Å². The molecule has 0 aromatic carbocycles. The van der Waals surface area contributed by atoms with E-state index in [1.165, 1.54) is 178 Å². The predicted molar refractivity (Wildman–Crippen MR) is 208 cm³/mol. The summed E-state index contributed by atoms with van der Waals surface area (Å²) in [4.78, 5) is 32.8. The van der Waals surface area contributed by atoms with Gasteiger partial charge in [0, 0.05) is 26.9 Å². The lowest BCUT2D eigenvalue weighted by atomic mass is 10.0. The van der Waals surface area contributed by atoms with Gasteiger partial charge in [-0.3, -0.25) is 19.3 Å². The van der Waals surface area contributed by atoms with Gasteiger partial charge in [-0.1, -0.05) is 162 Å². The van der Waals surface area contributed by atoms with E-state index in [-0.39, 0.29) is 19.2 Å². The molecule has 0 aromatic heterocycles. The van der Waals surface area contributed by atoms with E-state index in [0.717, 1.165) is 31.1 Å². The van der Waals surface area contributed by atoms with Crippen LogP contribution in [0.3, 0.4) is 0 Å². The highest BCUT2D eigenvalue weighted by Gasteiger charge is 2.35. The van der Waals surface area contributed by atoms with Crippen LogP contribution in [0.25, 0.3) is 0 Å². The van der Waals surface area contributed by atoms with Crippen LogP contribution < -0.4 is 0 Å². The molecule has 286 valence electrons. The summed E-state index contributed by atoms with van der Waals surface area (Å²) in [7, 11) is 6.41. The average molecular weight is 681 g/mol. The summed E-state index contributed by atoms with van der Waals surface area (Å²) < 4.78 is 0. The van der Waals surface area contributed by atoms with Crippen molar-refractivity contribution in [2.45, 2.75) is 207 Å². The van der Waals surface area contributed by atoms with Crippen molar-refractivity contribution in [3.63, 3.8) is 0 Å². The molecule has 1 aliphatic carbocycles. The van der Waals surface area contributed by atoms with E-state index in [9.17, 15) is 9.59 Å². The minimum Gasteiger partial charge on any atom is -0.275 e. The quantitative estimate of drug-likeness (QED) is 0.0403. The van der Waals surface area contributed by atoms with Crippen molar-refractivity contribution < 1.29 is 19.3 Å². The first-order chi connectivity index (χ1) is 22.9. The molecule has 0 spiro atoms. The number of hydroxylamine groups is 4. The number of amides is 2. The number of nitrogens with zero attached hydrogens (tertiary/aromatic N) is 2. The second kappa shape index (κ2) is 36.9. The number of allylic oxidation sites excluding steroid dienone is 2. The summed E-state index contributed by atoms with van der Waals surface area (Å²) >= 11 is 0. The molecule has 2 atom stereocenters. The van der Waals surface area contributed by atoms with Crippen LogP contribution in [-0.2, 0) is 19.3 Å².